The van der Waals surface area contributed by atoms with Crippen molar-refractivity contribution in [1.29, 1.82) is 0 Å². The molecule has 0 aliphatic heterocycles. The third kappa shape index (κ3) is 4.82. The molecule has 0 aliphatic carbocycles. The molecule has 0 unspecified atom stereocenters. The molecule has 2 rings (SSSR count). The van der Waals surface area contributed by atoms with Gasteiger partial charge in [-0.1, -0.05) is 18.2 Å². The number of carbonyl (C=O) groups excluding carboxylic acids is 2. The van der Waals surface area contributed by atoms with Crippen LogP contribution in [-0.4, -0.2) is 26.1 Å². The largest absolute Gasteiger partial charge is 0.496 e. The third-order valence-electron chi connectivity index (χ3n) is 3.80. The minimum atomic E-state index is -0.474. The van der Waals surface area contributed by atoms with Gasteiger partial charge in [0.2, 0.25) is 5.91 Å². The van der Waals surface area contributed by atoms with Gasteiger partial charge in [-0.15, -0.1) is 0 Å². The number of anilines is 1. The van der Waals surface area contributed by atoms with Gasteiger partial charge in [-0.3, -0.25) is 4.79 Å². The van der Waals surface area contributed by atoms with Gasteiger partial charge in [0.15, 0.2) is 0 Å². The highest BCUT2D eigenvalue weighted by molar-refractivity contribution is 9.10. The van der Waals surface area contributed by atoms with Crippen LogP contribution in [-0.2, 0) is 16.0 Å². The van der Waals surface area contributed by atoms with Crippen molar-refractivity contribution in [3.8, 4) is 5.75 Å². The van der Waals surface area contributed by atoms with Gasteiger partial charge >= 0.3 is 5.97 Å². The van der Waals surface area contributed by atoms with Crippen LogP contribution in [0.1, 0.15) is 27.9 Å². The summed E-state index contributed by atoms with van der Waals surface area (Å²) in [6.45, 7) is 1.84. The fourth-order valence-corrected chi connectivity index (χ4v) is 3.03. The second-order valence-corrected chi connectivity index (χ2v) is 6.36. The molecule has 0 spiro atoms. The number of rotatable bonds is 6. The zero-order valence-electron chi connectivity index (χ0n) is 14.4. The number of aryl methyl sites for hydroxylation is 2. The summed E-state index contributed by atoms with van der Waals surface area (Å²) < 4.78 is 10.8. The SMILES string of the molecule is COC(=O)c1cccc(C)c1NC(=O)CCc1ccc(OC)c(Br)c1. The number of halogens is 1. The first kappa shape index (κ1) is 19.0. The third-order valence-corrected chi connectivity index (χ3v) is 4.42. The molecular formula is C19H20BrNO4. The van der Waals surface area contributed by atoms with Gasteiger partial charge in [0.1, 0.15) is 5.75 Å². The number of amides is 1. The average Bonchev–Trinajstić information content (AvgIpc) is 2.61. The maximum Gasteiger partial charge on any atom is 0.339 e. The van der Waals surface area contributed by atoms with Crippen molar-refractivity contribution in [3.63, 3.8) is 0 Å². The maximum absolute atomic E-state index is 12.3. The Morgan fingerprint density at radius 2 is 1.92 bits per heavy atom. The van der Waals surface area contributed by atoms with Gasteiger partial charge in [0.25, 0.3) is 0 Å². The monoisotopic (exact) mass is 405 g/mol. The highest BCUT2D eigenvalue weighted by Crippen LogP contribution is 2.26. The van der Waals surface area contributed by atoms with Crippen molar-refractivity contribution in [1.82, 2.24) is 0 Å². The Hall–Kier alpha value is -2.34. The Morgan fingerprint density at radius 3 is 2.56 bits per heavy atom. The van der Waals surface area contributed by atoms with Crippen molar-refractivity contribution in [2.24, 2.45) is 0 Å². The molecule has 1 amide bonds. The number of carbonyl (C=O) groups is 2. The van der Waals surface area contributed by atoms with Crippen molar-refractivity contribution in [2.75, 3.05) is 19.5 Å². The van der Waals surface area contributed by atoms with Crippen LogP contribution >= 0.6 is 15.9 Å². The first-order valence-corrected chi connectivity index (χ1v) is 8.55. The first-order chi connectivity index (χ1) is 12.0. The molecule has 2 aromatic carbocycles. The molecule has 1 N–H and O–H groups in total. The van der Waals surface area contributed by atoms with E-state index in [1.54, 1.807) is 19.2 Å². The van der Waals surface area contributed by atoms with E-state index in [0.717, 1.165) is 21.3 Å². The molecule has 0 aromatic heterocycles. The van der Waals surface area contributed by atoms with Crippen LogP contribution < -0.4 is 10.1 Å². The van der Waals surface area contributed by atoms with Gasteiger partial charge in [0, 0.05) is 6.42 Å². The number of nitrogens with one attached hydrogen (secondary N) is 1. The van der Waals surface area contributed by atoms with Crippen LogP contribution in [0.5, 0.6) is 5.75 Å². The Kier molecular flexibility index (Phi) is 6.58. The predicted octanol–water partition coefficient (Wildman–Crippen LogP) is 4.12. The summed E-state index contributed by atoms with van der Waals surface area (Å²) in [5.41, 5.74) is 2.67. The van der Waals surface area contributed by atoms with E-state index in [2.05, 4.69) is 21.2 Å². The summed E-state index contributed by atoms with van der Waals surface area (Å²) >= 11 is 3.43. The van der Waals surface area contributed by atoms with Gasteiger partial charge in [-0.05, 0) is 58.6 Å². The minimum Gasteiger partial charge on any atom is -0.496 e. The lowest BCUT2D eigenvalue weighted by molar-refractivity contribution is -0.116. The fraction of sp³-hybridized carbons (Fsp3) is 0.263. The number of esters is 1. The topological polar surface area (TPSA) is 64.6 Å². The molecule has 0 bridgehead atoms. The molecule has 132 valence electrons. The molecule has 0 aliphatic rings. The number of ether oxygens (including phenoxy) is 2. The van der Waals surface area contributed by atoms with E-state index in [0.29, 0.717) is 24.1 Å². The van der Waals surface area contributed by atoms with Crippen LogP contribution in [0, 0.1) is 6.92 Å². The second-order valence-electron chi connectivity index (χ2n) is 5.51. The number of benzene rings is 2. The molecular weight excluding hydrogens is 386 g/mol. The zero-order chi connectivity index (χ0) is 18.4. The Balaban J connectivity index is 2.06. The van der Waals surface area contributed by atoms with Crippen molar-refractivity contribution >= 4 is 33.5 Å². The molecule has 0 radical (unpaired) electrons. The van der Waals surface area contributed by atoms with Gasteiger partial charge < -0.3 is 14.8 Å². The summed E-state index contributed by atoms with van der Waals surface area (Å²) in [7, 11) is 2.92. The van der Waals surface area contributed by atoms with E-state index in [-0.39, 0.29) is 5.91 Å². The van der Waals surface area contributed by atoms with E-state index in [4.69, 9.17) is 9.47 Å². The van der Waals surface area contributed by atoms with Crippen molar-refractivity contribution in [3.05, 3.63) is 57.6 Å². The van der Waals surface area contributed by atoms with Gasteiger partial charge in [0.05, 0.1) is 29.9 Å². The average molecular weight is 406 g/mol. The Bertz CT molecular complexity index is 789. The molecule has 0 heterocycles. The standard InChI is InChI=1S/C19H20BrNO4/c1-12-5-4-6-14(19(23)25-3)18(12)21-17(22)10-8-13-7-9-16(24-2)15(20)11-13/h4-7,9,11H,8,10H2,1-3H3,(H,21,22). The molecule has 2 aromatic rings. The van der Waals surface area contributed by atoms with E-state index in [1.165, 1.54) is 7.11 Å². The molecule has 0 saturated carbocycles. The van der Waals surface area contributed by atoms with E-state index in [1.807, 2.05) is 31.2 Å². The lowest BCUT2D eigenvalue weighted by Crippen LogP contribution is -2.16. The molecule has 6 heteroatoms. The predicted molar refractivity (Wildman–Crippen MR) is 100 cm³/mol. The summed E-state index contributed by atoms with van der Waals surface area (Å²) in [6, 6.07) is 10.9. The number of hydrogen-bond donors (Lipinski definition) is 1. The highest BCUT2D eigenvalue weighted by Gasteiger charge is 2.15. The number of methoxy groups -OCH3 is 2. The lowest BCUT2D eigenvalue weighted by Gasteiger charge is -2.13. The van der Waals surface area contributed by atoms with Crippen LogP contribution in [0.25, 0.3) is 0 Å². The summed E-state index contributed by atoms with van der Waals surface area (Å²) in [6.07, 6.45) is 0.877. The number of para-hydroxylation sites is 1. The van der Waals surface area contributed by atoms with Crippen LogP contribution in [0.15, 0.2) is 40.9 Å². The molecule has 0 saturated heterocycles. The quantitative estimate of drug-likeness (QED) is 0.733. The van der Waals surface area contributed by atoms with Crippen LogP contribution in [0.2, 0.25) is 0 Å². The second kappa shape index (κ2) is 8.67. The van der Waals surface area contributed by atoms with Gasteiger partial charge in [-0.25, -0.2) is 4.79 Å². The van der Waals surface area contributed by atoms with Crippen LogP contribution in [0.4, 0.5) is 5.69 Å². The highest BCUT2D eigenvalue weighted by atomic mass is 79.9. The van der Waals surface area contributed by atoms with Crippen LogP contribution in [0.3, 0.4) is 0 Å². The van der Waals surface area contributed by atoms with E-state index >= 15 is 0 Å². The fourth-order valence-electron chi connectivity index (χ4n) is 2.44. The first-order valence-electron chi connectivity index (χ1n) is 7.76. The minimum absolute atomic E-state index is 0.161. The summed E-state index contributed by atoms with van der Waals surface area (Å²) in [4.78, 5) is 24.2. The molecule has 5 nitrogen and oxygen atoms in total. The lowest BCUT2D eigenvalue weighted by atomic mass is 10.1. The smallest absolute Gasteiger partial charge is 0.339 e. The van der Waals surface area contributed by atoms with Crippen molar-refractivity contribution in [2.45, 2.75) is 19.8 Å². The van der Waals surface area contributed by atoms with Gasteiger partial charge in [-0.2, -0.15) is 0 Å². The summed E-state index contributed by atoms with van der Waals surface area (Å²) in [5.74, 6) is 0.111. The maximum atomic E-state index is 12.3. The Labute approximate surface area is 155 Å². The van der Waals surface area contributed by atoms with E-state index in [9.17, 15) is 9.59 Å². The summed E-state index contributed by atoms with van der Waals surface area (Å²) in [5, 5.41) is 2.83. The molecule has 0 fully saturated rings. The normalized spacial score (nSPS) is 10.2. The number of hydrogen-bond acceptors (Lipinski definition) is 4. The zero-order valence-corrected chi connectivity index (χ0v) is 16.0. The molecule has 0 atom stereocenters. The molecule has 25 heavy (non-hydrogen) atoms. The van der Waals surface area contributed by atoms with E-state index < -0.39 is 5.97 Å². The Morgan fingerprint density at radius 1 is 1.16 bits per heavy atom. The van der Waals surface area contributed by atoms with Crippen molar-refractivity contribution < 1.29 is 19.1 Å².